The quantitative estimate of drug-likeness (QED) is 0.681. The molecule has 0 radical (unpaired) electrons. The Balaban J connectivity index is 1.76. The molecule has 1 aliphatic heterocycles. The van der Waals surface area contributed by atoms with Gasteiger partial charge in [-0.2, -0.15) is 5.21 Å². The number of aromatic amines is 1. The average molecular weight is 392 g/mol. The van der Waals surface area contributed by atoms with E-state index in [-0.39, 0.29) is 6.10 Å². The van der Waals surface area contributed by atoms with Crippen molar-refractivity contribution in [1.29, 1.82) is 0 Å². The van der Waals surface area contributed by atoms with Crippen LogP contribution in [0.4, 0.5) is 0 Å². The highest BCUT2D eigenvalue weighted by Crippen LogP contribution is 2.42. The number of pyridine rings is 2. The zero-order valence-corrected chi connectivity index (χ0v) is 16.5. The highest BCUT2D eigenvalue weighted by Gasteiger charge is 2.28. The van der Waals surface area contributed by atoms with E-state index in [9.17, 15) is 0 Å². The lowest BCUT2D eigenvalue weighted by atomic mass is 9.91. The fourth-order valence-corrected chi connectivity index (χ4v) is 4.24. The van der Waals surface area contributed by atoms with Crippen molar-refractivity contribution in [2.75, 3.05) is 13.2 Å². The zero-order valence-electron chi connectivity index (χ0n) is 16.5. The van der Waals surface area contributed by atoms with Gasteiger partial charge in [-0.15, -0.1) is 10.2 Å². The van der Waals surface area contributed by atoms with Crippen molar-refractivity contribution in [2.24, 2.45) is 0 Å². The first-order valence-corrected chi connectivity index (χ1v) is 10.3. The molecule has 3 aromatic heterocycles. The van der Waals surface area contributed by atoms with Crippen LogP contribution in [-0.4, -0.2) is 49.9 Å². The number of fused-ring (bicyclic) bond motifs is 1. The molecule has 1 fully saturated rings. The van der Waals surface area contributed by atoms with Gasteiger partial charge in [-0.3, -0.25) is 4.98 Å². The number of rotatable bonds is 4. The molecule has 1 atom stereocenters. The lowest BCUT2D eigenvalue weighted by Gasteiger charge is -2.21. The van der Waals surface area contributed by atoms with Crippen molar-refractivity contribution in [3.63, 3.8) is 0 Å². The number of ether oxygens (including phenoxy) is 2. The molecular weight excluding hydrogens is 368 g/mol. The summed E-state index contributed by atoms with van der Waals surface area (Å²) in [6, 6.07) is 4.14. The third kappa shape index (κ3) is 3.60. The highest BCUT2D eigenvalue weighted by atomic mass is 16.5. The summed E-state index contributed by atoms with van der Waals surface area (Å²) in [6.45, 7) is 3.29. The van der Waals surface area contributed by atoms with Gasteiger partial charge in [-0.1, -0.05) is 6.42 Å². The maximum Gasteiger partial charge on any atom is 0.226 e. The normalized spacial score (nSPS) is 19.0. The number of nitrogens with one attached hydrogen (secondary N) is 1. The van der Waals surface area contributed by atoms with Crippen LogP contribution in [-0.2, 0) is 17.6 Å². The van der Waals surface area contributed by atoms with E-state index in [4.69, 9.17) is 14.5 Å². The van der Waals surface area contributed by atoms with E-state index in [1.165, 1.54) is 12.0 Å². The summed E-state index contributed by atoms with van der Waals surface area (Å²) in [7, 11) is 0. The molecule has 0 aromatic carbocycles. The van der Waals surface area contributed by atoms with E-state index in [1.54, 1.807) is 0 Å². The van der Waals surface area contributed by atoms with Crippen LogP contribution in [0.1, 0.15) is 42.6 Å². The lowest BCUT2D eigenvalue weighted by Crippen LogP contribution is -2.18. The highest BCUT2D eigenvalue weighted by molar-refractivity contribution is 5.86. The first-order valence-electron chi connectivity index (χ1n) is 10.3. The van der Waals surface area contributed by atoms with Crippen LogP contribution in [0.5, 0.6) is 5.88 Å². The first-order chi connectivity index (χ1) is 14.3. The number of aromatic nitrogens is 6. The molecular formula is C21H24N6O2. The summed E-state index contributed by atoms with van der Waals surface area (Å²) in [5.41, 5.74) is 6.34. The molecule has 5 rings (SSSR count). The molecule has 8 nitrogen and oxygen atoms in total. The van der Waals surface area contributed by atoms with Gasteiger partial charge in [-0.25, -0.2) is 4.98 Å². The molecule has 8 heteroatoms. The standard InChI is InChI=1S/C21H24N6O2/c1-13-11-14(7-9-22-13)18-16-5-3-2-4-6-17(16)23-21(29-15-8-10-28-12-15)19(18)20-24-26-27-25-20/h7,9,11,15H,2-6,8,10,12H2,1H3,(H,24,25,26,27)/t15-/m0/s1. The Morgan fingerprint density at radius 2 is 2.10 bits per heavy atom. The molecule has 0 spiro atoms. The van der Waals surface area contributed by atoms with Crippen molar-refractivity contribution in [2.45, 2.75) is 51.6 Å². The number of hydrogen-bond donors (Lipinski definition) is 1. The third-order valence-corrected chi connectivity index (χ3v) is 5.61. The smallest absolute Gasteiger partial charge is 0.226 e. The van der Waals surface area contributed by atoms with Crippen LogP contribution in [0.3, 0.4) is 0 Å². The van der Waals surface area contributed by atoms with E-state index < -0.39 is 0 Å². The fraction of sp³-hybridized carbons (Fsp3) is 0.476. The minimum absolute atomic E-state index is 0.0102. The van der Waals surface area contributed by atoms with Crippen molar-refractivity contribution < 1.29 is 9.47 Å². The molecule has 0 bridgehead atoms. The van der Waals surface area contributed by atoms with Gasteiger partial charge in [0.1, 0.15) is 6.10 Å². The molecule has 0 unspecified atom stereocenters. The van der Waals surface area contributed by atoms with Crippen LogP contribution in [0.2, 0.25) is 0 Å². The lowest BCUT2D eigenvalue weighted by molar-refractivity contribution is 0.138. The Hall–Kier alpha value is -2.87. The summed E-state index contributed by atoms with van der Waals surface area (Å²) < 4.78 is 11.9. The summed E-state index contributed by atoms with van der Waals surface area (Å²) >= 11 is 0. The van der Waals surface area contributed by atoms with Crippen molar-refractivity contribution in [1.82, 2.24) is 30.6 Å². The molecule has 4 heterocycles. The van der Waals surface area contributed by atoms with Crippen molar-refractivity contribution in [3.05, 3.63) is 35.3 Å². The number of tetrazole rings is 1. The molecule has 1 aliphatic carbocycles. The van der Waals surface area contributed by atoms with Gasteiger partial charge >= 0.3 is 0 Å². The van der Waals surface area contributed by atoms with Crippen LogP contribution >= 0.6 is 0 Å². The second-order valence-corrected chi connectivity index (χ2v) is 7.68. The summed E-state index contributed by atoms with van der Waals surface area (Å²) in [4.78, 5) is 9.37. The van der Waals surface area contributed by atoms with Gasteiger partial charge in [0.2, 0.25) is 11.7 Å². The Kier molecular flexibility index (Phi) is 4.93. The van der Waals surface area contributed by atoms with Gasteiger partial charge in [0.05, 0.1) is 18.8 Å². The monoisotopic (exact) mass is 392 g/mol. The Labute approximate surface area is 169 Å². The molecule has 1 N–H and O–H groups in total. The zero-order chi connectivity index (χ0) is 19.6. The molecule has 29 heavy (non-hydrogen) atoms. The van der Waals surface area contributed by atoms with E-state index in [0.29, 0.717) is 24.9 Å². The number of aryl methyl sites for hydroxylation is 2. The average Bonchev–Trinajstić information content (AvgIpc) is 3.38. The summed E-state index contributed by atoms with van der Waals surface area (Å²) in [6.07, 6.45) is 8.12. The fourth-order valence-electron chi connectivity index (χ4n) is 4.24. The molecule has 1 saturated heterocycles. The SMILES string of the molecule is Cc1cc(-c2c3c(nc(O[C@H]4CCOC4)c2-c2nn[nH]n2)CCCCC3)ccn1. The van der Waals surface area contributed by atoms with Gasteiger partial charge in [0, 0.05) is 29.6 Å². The van der Waals surface area contributed by atoms with Crippen LogP contribution in [0.15, 0.2) is 18.3 Å². The molecule has 0 saturated carbocycles. The topological polar surface area (TPSA) is 98.7 Å². The third-order valence-electron chi connectivity index (χ3n) is 5.61. The maximum absolute atomic E-state index is 6.36. The van der Waals surface area contributed by atoms with Crippen molar-refractivity contribution in [3.8, 4) is 28.4 Å². The summed E-state index contributed by atoms with van der Waals surface area (Å²) in [5.74, 6) is 1.08. The molecule has 150 valence electrons. The van der Waals surface area contributed by atoms with E-state index in [2.05, 4.69) is 31.7 Å². The minimum Gasteiger partial charge on any atom is -0.471 e. The van der Waals surface area contributed by atoms with E-state index in [1.807, 2.05) is 19.2 Å². The van der Waals surface area contributed by atoms with Gasteiger partial charge in [0.15, 0.2) is 0 Å². The number of nitrogens with zero attached hydrogens (tertiary/aromatic N) is 5. The van der Waals surface area contributed by atoms with E-state index >= 15 is 0 Å². The predicted octanol–water partition coefficient (Wildman–Crippen LogP) is 3.07. The largest absolute Gasteiger partial charge is 0.471 e. The number of hydrogen-bond acceptors (Lipinski definition) is 7. The van der Waals surface area contributed by atoms with Gasteiger partial charge < -0.3 is 9.47 Å². The Morgan fingerprint density at radius 1 is 1.17 bits per heavy atom. The predicted molar refractivity (Wildman–Crippen MR) is 106 cm³/mol. The minimum atomic E-state index is -0.0102. The number of H-pyrrole nitrogens is 1. The molecule has 3 aromatic rings. The molecule has 0 amide bonds. The second kappa shape index (κ2) is 7.87. The summed E-state index contributed by atoms with van der Waals surface area (Å²) in [5, 5.41) is 15.0. The maximum atomic E-state index is 6.36. The Bertz CT molecular complexity index is 999. The second-order valence-electron chi connectivity index (χ2n) is 7.68. The Morgan fingerprint density at radius 3 is 2.90 bits per heavy atom. The van der Waals surface area contributed by atoms with Gasteiger partial charge in [0.25, 0.3) is 0 Å². The van der Waals surface area contributed by atoms with Crippen molar-refractivity contribution >= 4 is 0 Å². The van der Waals surface area contributed by atoms with Crippen LogP contribution in [0.25, 0.3) is 22.5 Å². The molecule has 2 aliphatic rings. The first kappa shape index (κ1) is 18.2. The van der Waals surface area contributed by atoms with Crippen LogP contribution < -0.4 is 4.74 Å². The van der Waals surface area contributed by atoms with Crippen LogP contribution in [0, 0.1) is 6.92 Å². The van der Waals surface area contributed by atoms with Gasteiger partial charge in [-0.05, 0) is 61.1 Å². The van der Waals surface area contributed by atoms with E-state index in [0.717, 1.165) is 60.2 Å².